The van der Waals surface area contributed by atoms with Gasteiger partial charge in [0.1, 0.15) is 11.6 Å². The Morgan fingerprint density at radius 3 is 2.76 bits per heavy atom. The van der Waals surface area contributed by atoms with Crippen molar-refractivity contribution in [2.24, 2.45) is 0 Å². The molecule has 0 fully saturated rings. The number of carbonyl (C=O) groups is 2. The smallest absolute Gasteiger partial charge is 0.328 e. The van der Waals surface area contributed by atoms with Gasteiger partial charge in [0, 0.05) is 10.9 Å². The van der Waals surface area contributed by atoms with Gasteiger partial charge in [0.05, 0.1) is 7.11 Å². The molecule has 0 bridgehead atoms. The Kier molecular flexibility index (Phi) is 6.93. The van der Waals surface area contributed by atoms with Gasteiger partial charge in [-0.05, 0) is 49.5 Å². The monoisotopic (exact) mass is 363 g/mol. The van der Waals surface area contributed by atoms with E-state index in [2.05, 4.69) is 18.3 Å². The largest absolute Gasteiger partial charge is 0.467 e. The van der Waals surface area contributed by atoms with Gasteiger partial charge in [-0.15, -0.1) is 0 Å². The number of hydrogen-bond donors (Lipinski definition) is 1. The molecule has 5 nitrogen and oxygen atoms in total. The van der Waals surface area contributed by atoms with E-state index in [0.29, 0.717) is 12.0 Å². The first-order chi connectivity index (χ1) is 12.0. The summed E-state index contributed by atoms with van der Waals surface area (Å²) in [4.78, 5) is 24.5. The number of esters is 1. The summed E-state index contributed by atoms with van der Waals surface area (Å²) in [5, 5.41) is 3.68. The predicted octanol–water partition coefficient (Wildman–Crippen LogP) is 3.72. The zero-order chi connectivity index (χ0) is 18.4. The summed E-state index contributed by atoms with van der Waals surface area (Å²) in [6.45, 7) is 4.00. The number of nitrogens with one attached hydrogen (secondary N) is 1. The number of furan rings is 1. The van der Waals surface area contributed by atoms with Crippen molar-refractivity contribution in [3.63, 3.8) is 0 Å². The normalized spacial score (nSPS) is 12.2. The van der Waals surface area contributed by atoms with Crippen LogP contribution in [-0.2, 0) is 16.0 Å². The highest BCUT2D eigenvalue weighted by atomic mass is 32.2. The van der Waals surface area contributed by atoms with Crippen molar-refractivity contribution in [2.45, 2.75) is 39.2 Å². The number of fused-ring (bicyclic) bond motifs is 1. The van der Waals surface area contributed by atoms with E-state index in [1.165, 1.54) is 12.7 Å². The van der Waals surface area contributed by atoms with Gasteiger partial charge in [0.15, 0.2) is 5.76 Å². The highest BCUT2D eigenvalue weighted by Gasteiger charge is 2.25. The minimum Gasteiger partial charge on any atom is -0.467 e. The Morgan fingerprint density at radius 2 is 2.12 bits per heavy atom. The van der Waals surface area contributed by atoms with Crippen molar-refractivity contribution in [3.8, 4) is 0 Å². The molecule has 6 heteroatoms. The molecule has 2 aromatic rings. The zero-order valence-electron chi connectivity index (χ0n) is 15.2. The van der Waals surface area contributed by atoms with Crippen molar-refractivity contribution >= 4 is 34.6 Å². The second-order valence-corrected chi connectivity index (χ2v) is 6.95. The Labute approximate surface area is 152 Å². The van der Waals surface area contributed by atoms with Crippen LogP contribution in [0.3, 0.4) is 0 Å². The Bertz CT molecular complexity index is 753. The van der Waals surface area contributed by atoms with Crippen molar-refractivity contribution in [1.82, 2.24) is 5.32 Å². The summed E-state index contributed by atoms with van der Waals surface area (Å²) in [7, 11) is 1.32. The lowest BCUT2D eigenvalue weighted by Gasteiger charge is -2.15. The predicted molar refractivity (Wildman–Crippen MR) is 101 cm³/mol. The van der Waals surface area contributed by atoms with Crippen molar-refractivity contribution in [1.29, 1.82) is 0 Å². The average Bonchev–Trinajstić information content (AvgIpc) is 2.94. The maximum atomic E-state index is 12.6. The maximum absolute atomic E-state index is 12.6. The van der Waals surface area contributed by atoms with Crippen LogP contribution in [0.15, 0.2) is 22.6 Å². The summed E-state index contributed by atoms with van der Waals surface area (Å²) in [5.74, 6) is 0.171. The molecule has 136 valence electrons. The molecule has 0 saturated carbocycles. The first-order valence-electron chi connectivity index (χ1n) is 8.41. The standard InChI is InChI=1S/C19H25NO4S/c1-5-6-13-7-8-16-14(11-13)12(2)17(24-16)18(21)20-15(9-10-25-4)19(22)23-3/h7-8,11,15H,5-6,9-10H2,1-4H3,(H,20,21)/t15-/m1/s1. The quantitative estimate of drug-likeness (QED) is 0.724. The van der Waals surface area contributed by atoms with Crippen LogP contribution in [-0.4, -0.2) is 37.0 Å². The van der Waals surface area contributed by atoms with Crippen LogP contribution in [0.4, 0.5) is 0 Å². The zero-order valence-corrected chi connectivity index (χ0v) is 16.0. The van der Waals surface area contributed by atoms with Crippen LogP contribution in [0.1, 0.15) is 41.4 Å². The van der Waals surface area contributed by atoms with Gasteiger partial charge < -0.3 is 14.5 Å². The van der Waals surface area contributed by atoms with E-state index < -0.39 is 12.0 Å². The van der Waals surface area contributed by atoms with Crippen LogP contribution >= 0.6 is 11.8 Å². The molecule has 1 aromatic carbocycles. The number of amides is 1. The molecule has 0 unspecified atom stereocenters. The van der Waals surface area contributed by atoms with Crippen LogP contribution in [0.5, 0.6) is 0 Å². The lowest BCUT2D eigenvalue weighted by Crippen LogP contribution is -2.42. The number of thioether (sulfide) groups is 1. The van der Waals surface area contributed by atoms with Gasteiger partial charge in [0.2, 0.25) is 0 Å². The van der Waals surface area contributed by atoms with Crippen molar-refractivity contribution in [2.75, 3.05) is 19.1 Å². The number of hydrogen-bond acceptors (Lipinski definition) is 5. The third-order valence-corrected chi connectivity index (χ3v) is 4.79. The number of methoxy groups -OCH3 is 1. The summed E-state index contributed by atoms with van der Waals surface area (Å²) in [6.07, 6.45) is 4.51. The fourth-order valence-electron chi connectivity index (χ4n) is 2.78. The SMILES string of the molecule is CCCc1ccc2oc(C(=O)N[C@H](CCSC)C(=O)OC)c(C)c2c1. The molecule has 0 aliphatic heterocycles. The third-order valence-electron chi connectivity index (χ3n) is 4.15. The van der Waals surface area contributed by atoms with Gasteiger partial charge in [-0.1, -0.05) is 19.4 Å². The van der Waals surface area contributed by atoms with Gasteiger partial charge in [-0.2, -0.15) is 11.8 Å². The highest BCUT2D eigenvalue weighted by Crippen LogP contribution is 2.27. The molecule has 0 aliphatic rings. The van der Waals surface area contributed by atoms with Crippen molar-refractivity contribution < 1.29 is 18.7 Å². The van der Waals surface area contributed by atoms with Gasteiger partial charge in [-0.25, -0.2) is 4.79 Å². The molecule has 25 heavy (non-hydrogen) atoms. The highest BCUT2D eigenvalue weighted by molar-refractivity contribution is 7.98. The molecule has 1 atom stereocenters. The first-order valence-corrected chi connectivity index (χ1v) is 9.80. The van der Waals surface area contributed by atoms with Crippen molar-refractivity contribution in [3.05, 3.63) is 35.1 Å². The lowest BCUT2D eigenvalue weighted by molar-refractivity contribution is -0.142. The lowest BCUT2D eigenvalue weighted by atomic mass is 10.1. The fraction of sp³-hybridized carbons (Fsp3) is 0.474. The molecular formula is C19H25NO4S. The fourth-order valence-corrected chi connectivity index (χ4v) is 3.25. The molecule has 0 radical (unpaired) electrons. The number of ether oxygens (including phenoxy) is 1. The van der Waals surface area contributed by atoms with E-state index in [-0.39, 0.29) is 11.7 Å². The molecule has 2 rings (SSSR count). The summed E-state index contributed by atoms with van der Waals surface area (Å²) >= 11 is 1.61. The Hall–Kier alpha value is -1.95. The van der Waals surface area contributed by atoms with Crippen LogP contribution in [0, 0.1) is 6.92 Å². The molecule has 0 aliphatic carbocycles. The van der Waals surface area contributed by atoms with Crippen LogP contribution in [0.25, 0.3) is 11.0 Å². The maximum Gasteiger partial charge on any atom is 0.328 e. The topological polar surface area (TPSA) is 68.5 Å². The van der Waals surface area contributed by atoms with Crippen LogP contribution in [0.2, 0.25) is 0 Å². The van der Waals surface area contributed by atoms with Gasteiger partial charge in [-0.3, -0.25) is 4.79 Å². The number of benzene rings is 1. The molecular weight excluding hydrogens is 338 g/mol. The van der Waals surface area contributed by atoms with E-state index in [1.54, 1.807) is 11.8 Å². The van der Waals surface area contributed by atoms with Crippen LogP contribution < -0.4 is 5.32 Å². The molecule has 0 saturated heterocycles. The molecule has 1 amide bonds. The van der Waals surface area contributed by atoms with E-state index in [9.17, 15) is 9.59 Å². The number of aryl methyl sites for hydroxylation is 2. The number of rotatable bonds is 8. The van der Waals surface area contributed by atoms with E-state index in [1.807, 2.05) is 25.3 Å². The second-order valence-electron chi connectivity index (χ2n) is 5.97. The number of carbonyl (C=O) groups excluding carboxylic acids is 2. The molecule has 1 heterocycles. The minimum atomic E-state index is -0.673. The summed E-state index contributed by atoms with van der Waals surface area (Å²) in [6, 6.07) is 5.31. The molecule has 1 aromatic heterocycles. The minimum absolute atomic E-state index is 0.252. The van der Waals surface area contributed by atoms with E-state index in [4.69, 9.17) is 9.15 Å². The third kappa shape index (κ3) is 4.57. The second kappa shape index (κ2) is 8.94. The molecule has 0 spiro atoms. The Morgan fingerprint density at radius 1 is 1.36 bits per heavy atom. The summed E-state index contributed by atoms with van der Waals surface area (Å²) < 4.78 is 10.5. The van der Waals surface area contributed by atoms with E-state index >= 15 is 0 Å². The molecule has 1 N–H and O–H groups in total. The summed E-state index contributed by atoms with van der Waals surface area (Å²) in [5.41, 5.74) is 2.69. The van der Waals surface area contributed by atoms with Gasteiger partial charge >= 0.3 is 5.97 Å². The van der Waals surface area contributed by atoms with E-state index in [0.717, 1.165) is 29.5 Å². The Balaban J connectivity index is 2.25. The van der Waals surface area contributed by atoms with Gasteiger partial charge in [0.25, 0.3) is 5.91 Å². The first kappa shape index (κ1) is 19.4. The average molecular weight is 363 g/mol.